The van der Waals surface area contributed by atoms with Gasteiger partial charge in [-0.15, -0.1) is 0 Å². The fourth-order valence-corrected chi connectivity index (χ4v) is 4.06. The Morgan fingerprint density at radius 1 is 1.41 bits per heavy atom. The summed E-state index contributed by atoms with van der Waals surface area (Å²) in [4.78, 5) is 19.4. The van der Waals surface area contributed by atoms with Gasteiger partial charge in [-0.2, -0.15) is 0 Å². The van der Waals surface area contributed by atoms with Gasteiger partial charge in [-0.3, -0.25) is 4.79 Å². The molecule has 1 amide bonds. The summed E-state index contributed by atoms with van der Waals surface area (Å²) in [5.74, 6) is 2.20. The van der Waals surface area contributed by atoms with Crippen LogP contribution in [0.1, 0.15) is 48.0 Å². The summed E-state index contributed by atoms with van der Waals surface area (Å²) in [6.07, 6.45) is 5.26. The number of likely N-dealkylation sites (tertiary alicyclic amines) is 1. The molecule has 1 saturated heterocycles. The van der Waals surface area contributed by atoms with Crippen molar-refractivity contribution in [3.05, 3.63) is 41.4 Å². The lowest BCUT2D eigenvalue weighted by Crippen LogP contribution is -2.35. The summed E-state index contributed by atoms with van der Waals surface area (Å²) in [6.45, 7) is 8.29. The summed E-state index contributed by atoms with van der Waals surface area (Å²) < 4.78 is 5.08. The summed E-state index contributed by atoms with van der Waals surface area (Å²) >= 11 is 1.50. The van der Waals surface area contributed by atoms with Crippen LogP contribution >= 0.6 is 11.8 Å². The highest BCUT2D eigenvalue weighted by atomic mass is 32.2. The maximum Gasteiger partial charge on any atom is 0.254 e. The second-order valence-corrected chi connectivity index (χ2v) is 8.17. The van der Waals surface area contributed by atoms with E-state index in [-0.39, 0.29) is 5.91 Å². The van der Waals surface area contributed by atoms with Crippen LogP contribution in [-0.2, 0) is 5.75 Å². The number of rotatable bonds is 8. The number of nitrogens with zero attached hydrogens (tertiary/aromatic N) is 3. The second-order valence-electron chi connectivity index (χ2n) is 7.21. The topological polar surface area (TPSA) is 71.3 Å². The van der Waals surface area contributed by atoms with Crippen LogP contribution in [0.3, 0.4) is 0 Å². The van der Waals surface area contributed by atoms with Crippen LogP contribution in [0.25, 0.3) is 0 Å². The average Bonchev–Trinajstić information content (AvgIpc) is 3.10. The van der Waals surface area contributed by atoms with Crippen molar-refractivity contribution in [3.63, 3.8) is 0 Å². The van der Waals surface area contributed by atoms with E-state index in [1.54, 1.807) is 12.3 Å². The predicted molar refractivity (Wildman–Crippen MR) is 107 cm³/mol. The lowest BCUT2D eigenvalue weighted by molar-refractivity contribution is 0.0947. The van der Waals surface area contributed by atoms with E-state index in [9.17, 15) is 4.79 Å². The van der Waals surface area contributed by atoms with E-state index in [2.05, 4.69) is 27.3 Å². The minimum absolute atomic E-state index is 0.0609. The van der Waals surface area contributed by atoms with E-state index < -0.39 is 0 Å². The maximum atomic E-state index is 12.6. The van der Waals surface area contributed by atoms with Crippen LogP contribution in [0, 0.1) is 12.8 Å². The highest BCUT2D eigenvalue weighted by Crippen LogP contribution is 2.24. The smallest absolute Gasteiger partial charge is 0.254 e. The number of pyridine rings is 1. The maximum absolute atomic E-state index is 12.6. The molecule has 7 heteroatoms. The van der Waals surface area contributed by atoms with Crippen molar-refractivity contribution in [1.29, 1.82) is 0 Å². The largest absolute Gasteiger partial charge is 0.361 e. The standard InChI is InChI=1S/C20H28N4O2S/c1-15-6-11-24(12-7-15)10-4-9-21-19(25)18-5-3-8-22-20(18)27-14-17-13-16(2)26-23-17/h3,5,8,13,15H,4,6-7,9-12,14H2,1-2H3,(H,21,25). The number of thioether (sulfide) groups is 1. The van der Waals surface area contributed by atoms with Gasteiger partial charge in [0.25, 0.3) is 5.91 Å². The van der Waals surface area contributed by atoms with E-state index in [0.29, 0.717) is 17.9 Å². The molecule has 3 heterocycles. The van der Waals surface area contributed by atoms with Crippen LogP contribution in [-0.4, -0.2) is 47.1 Å². The third-order valence-corrected chi connectivity index (χ3v) is 5.90. The second kappa shape index (κ2) is 9.90. The Balaban J connectivity index is 1.45. The molecular weight excluding hydrogens is 360 g/mol. The number of nitrogens with one attached hydrogen (secondary N) is 1. The molecule has 2 aromatic rings. The minimum Gasteiger partial charge on any atom is -0.361 e. The number of hydrogen-bond donors (Lipinski definition) is 1. The van der Waals surface area contributed by atoms with Gasteiger partial charge in [-0.1, -0.05) is 23.8 Å². The first kappa shape index (κ1) is 19.9. The quantitative estimate of drug-likeness (QED) is 0.551. The van der Waals surface area contributed by atoms with Gasteiger partial charge < -0.3 is 14.7 Å². The number of aryl methyl sites for hydroxylation is 1. The van der Waals surface area contributed by atoms with E-state index in [0.717, 1.165) is 35.4 Å². The molecule has 27 heavy (non-hydrogen) atoms. The first-order chi connectivity index (χ1) is 13.1. The minimum atomic E-state index is -0.0609. The first-order valence-corrected chi connectivity index (χ1v) is 10.6. The molecule has 0 spiro atoms. The molecule has 0 saturated carbocycles. The zero-order chi connectivity index (χ0) is 19.1. The number of carbonyl (C=O) groups is 1. The van der Waals surface area contributed by atoms with E-state index >= 15 is 0 Å². The molecule has 0 atom stereocenters. The number of piperidine rings is 1. The molecule has 3 rings (SSSR count). The molecule has 0 aromatic carbocycles. The molecule has 1 fully saturated rings. The Bertz CT molecular complexity index is 741. The van der Waals surface area contributed by atoms with Crippen LogP contribution in [0.4, 0.5) is 0 Å². The van der Waals surface area contributed by atoms with Crippen molar-refractivity contribution in [2.45, 2.75) is 43.9 Å². The van der Waals surface area contributed by atoms with E-state index in [4.69, 9.17) is 4.52 Å². The third-order valence-electron chi connectivity index (χ3n) is 4.86. The SMILES string of the molecule is Cc1cc(CSc2ncccc2C(=O)NCCCN2CCC(C)CC2)no1. The lowest BCUT2D eigenvalue weighted by atomic mass is 9.99. The Kier molecular flexibility index (Phi) is 7.29. The highest BCUT2D eigenvalue weighted by molar-refractivity contribution is 7.98. The van der Waals surface area contributed by atoms with Crippen LogP contribution in [0.2, 0.25) is 0 Å². The van der Waals surface area contributed by atoms with Gasteiger partial charge in [0.15, 0.2) is 0 Å². The molecule has 0 bridgehead atoms. The average molecular weight is 389 g/mol. The van der Waals surface area contributed by atoms with Gasteiger partial charge in [0.1, 0.15) is 10.8 Å². The van der Waals surface area contributed by atoms with Crippen molar-refractivity contribution in [2.24, 2.45) is 5.92 Å². The van der Waals surface area contributed by atoms with Gasteiger partial charge >= 0.3 is 0 Å². The highest BCUT2D eigenvalue weighted by Gasteiger charge is 2.16. The molecule has 1 aliphatic rings. The third kappa shape index (κ3) is 6.07. The molecule has 2 aromatic heterocycles. The normalized spacial score (nSPS) is 15.8. The Labute approximate surface area is 165 Å². The molecule has 0 aliphatic carbocycles. The molecule has 1 N–H and O–H groups in total. The predicted octanol–water partition coefficient (Wildman–Crippen LogP) is 3.52. The van der Waals surface area contributed by atoms with Gasteiger partial charge in [0, 0.05) is 24.6 Å². The Morgan fingerprint density at radius 3 is 2.96 bits per heavy atom. The van der Waals surface area contributed by atoms with Crippen molar-refractivity contribution >= 4 is 17.7 Å². The number of carbonyl (C=O) groups excluding carboxylic acids is 1. The van der Waals surface area contributed by atoms with E-state index in [1.807, 2.05) is 19.1 Å². The fraction of sp³-hybridized carbons (Fsp3) is 0.550. The molecule has 146 valence electrons. The Morgan fingerprint density at radius 2 is 2.22 bits per heavy atom. The van der Waals surface area contributed by atoms with Gasteiger partial charge in [0.05, 0.1) is 11.3 Å². The fourth-order valence-electron chi connectivity index (χ4n) is 3.19. The number of aromatic nitrogens is 2. The summed E-state index contributed by atoms with van der Waals surface area (Å²) in [7, 11) is 0. The van der Waals surface area contributed by atoms with Crippen molar-refractivity contribution in [3.8, 4) is 0 Å². The summed E-state index contributed by atoms with van der Waals surface area (Å²) in [6, 6.07) is 5.52. The van der Waals surface area contributed by atoms with Gasteiger partial charge in [-0.05, 0) is 63.9 Å². The van der Waals surface area contributed by atoms with Crippen LogP contribution in [0.15, 0.2) is 33.9 Å². The van der Waals surface area contributed by atoms with Gasteiger partial charge in [-0.25, -0.2) is 4.98 Å². The molecule has 1 aliphatic heterocycles. The Hall–Kier alpha value is -1.86. The molecular formula is C20H28N4O2S. The molecule has 6 nitrogen and oxygen atoms in total. The van der Waals surface area contributed by atoms with Crippen LogP contribution < -0.4 is 5.32 Å². The summed E-state index contributed by atoms with van der Waals surface area (Å²) in [5.41, 5.74) is 1.47. The number of amides is 1. The van der Waals surface area contributed by atoms with E-state index in [1.165, 1.54) is 37.7 Å². The zero-order valence-electron chi connectivity index (χ0n) is 16.1. The number of hydrogen-bond acceptors (Lipinski definition) is 6. The van der Waals surface area contributed by atoms with Crippen molar-refractivity contribution < 1.29 is 9.32 Å². The molecule has 0 radical (unpaired) electrons. The van der Waals surface area contributed by atoms with Gasteiger partial charge in [0.2, 0.25) is 0 Å². The molecule has 0 unspecified atom stereocenters. The first-order valence-electron chi connectivity index (χ1n) is 9.62. The van der Waals surface area contributed by atoms with Crippen molar-refractivity contribution in [2.75, 3.05) is 26.2 Å². The lowest BCUT2D eigenvalue weighted by Gasteiger charge is -2.30. The summed E-state index contributed by atoms with van der Waals surface area (Å²) in [5, 5.41) is 7.75. The zero-order valence-corrected chi connectivity index (χ0v) is 16.9. The monoisotopic (exact) mass is 388 g/mol. The van der Waals surface area contributed by atoms with Crippen LogP contribution in [0.5, 0.6) is 0 Å². The van der Waals surface area contributed by atoms with Crippen molar-refractivity contribution in [1.82, 2.24) is 20.4 Å².